The predicted molar refractivity (Wildman–Crippen MR) is 102 cm³/mol. The molecule has 28 heavy (non-hydrogen) atoms. The second kappa shape index (κ2) is 9.14. The van der Waals surface area contributed by atoms with Crippen molar-refractivity contribution in [3.8, 4) is 11.5 Å². The summed E-state index contributed by atoms with van der Waals surface area (Å²) >= 11 is 0. The van der Waals surface area contributed by atoms with Crippen LogP contribution in [0.4, 0.5) is 15.8 Å². The van der Waals surface area contributed by atoms with Crippen molar-refractivity contribution in [2.24, 2.45) is 0 Å². The number of rotatable bonds is 8. The fourth-order valence-corrected chi connectivity index (χ4v) is 2.72. The Labute approximate surface area is 162 Å². The van der Waals surface area contributed by atoms with Crippen molar-refractivity contribution in [2.45, 2.75) is 13.5 Å². The van der Waals surface area contributed by atoms with E-state index < -0.39 is 10.7 Å². The molecule has 0 saturated heterocycles. The van der Waals surface area contributed by atoms with Crippen LogP contribution in [0.15, 0.2) is 30.3 Å². The average Bonchev–Trinajstić information content (AvgIpc) is 2.62. The van der Waals surface area contributed by atoms with Crippen LogP contribution in [0.3, 0.4) is 0 Å². The summed E-state index contributed by atoms with van der Waals surface area (Å²) in [4.78, 5) is 24.6. The Morgan fingerprint density at radius 2 is 1.89 bits per heavy atom. The third-order valence-corrected chi connectivity index (χ3v) is 4.08. The van der Waals surface area contributed by atoms with Crippen LogP contribution < -0.4 is 14.8 Å². The number of hydrogen-bond acceptors (Lipinski definition) is 6. The Balaban J connectivity index is 2.03. The molecule has 0 aliphatic rings. The molecule has 0 aliphatic carbocycles. The molecule has 0 fully saturated rings. The average molecular weight is 391 g/mol. The van der Waals surface area contributed by atoms with Gasteiger partial charge in [-0.15, -0.1) is 0 Å². The lowest BCUT2D eigenvalue weighted by atomic mass is 10.1. The first kappa shape index (κ1) is 21.1. The number of benzene rings is 2. The van der Waals surface area contributed by atoms with Crippen molar-refractivity contribution >= 4 is 17.3 Å². The second-order valence-corrected chi connectivity index (χ2v) is 6.29. The van der Waals surface area contributed by atoms with Gasteiger partial charge in [-0.3, -0.25) is 19.8 Å². The SMILES string of the molecule is COc1ccc(CN(C)CC(=O)Nc2cc(OC)c([N+](=O)[O-])cc2C)cc1F. The highest BCUT2D eigenvalue weighted by Gasteiger charge is 2.18. The minimum atomic E-state index is -0.542. The monoisotopic (exact) mass is 391 g/mol. The van der Waals surface area contributed by atoms with Gasteiger partial charge in [0.2, 0.25) is 5.91 Å². The minimum Gasteiger partial charge on any atom is -0.494 e. The number of likely N-dealkylation sites (N-methyl/N-ethyl adjacent to an activating group) is 1. The van der Waals surface area contributed by atoms with Crippen LogP contribution in [0.1, 0.15) is 11.1 Å². The zero-order chi connectivity index (χ0) is 20.8. The van der Waals surface area contributed by atoms with E-state index in [1.807, 2.05) is 0 Å². The standard InChI is InChI=1S/C19H22FN3O5/c1-12-7-16(23(25)26)18(28-4)9-15(12)21-19(24)11-22(2)10-13-5-6-17(27-3)14(20)8-13/h5-9H,10-11H2,1-4H3,(H,21,24). The number of nitrogens with zero attached hydrogens (tertiary/aromatic N) is 2. The van der Waals surface area contributed by atoms with Gasteiger partial charge in [0.05, 0.1) is 25.7 Å². The molecular weight excluding hydrogens is 369 g/mol. The fourth-order valence-electron chi connectivity index (χ4n) is 2.72. The number of carbonyl (C=O) groups is 1. The lowest BCUT2D eigenvalue weighted by molar-refractivity contribution is -0.385. The highest BCUT2D eigenvalue weighted by Crippen LogP contribution is 2.32. The van der Waals surface area contributed by atoms with E-state index >= 15 is 0 Å². The number of ether oxygens (including phenoxy) is 2. The molecule has 0 bridgehead atoms. The Morgan fingerprint density at radius 3 is 2.46 bits per heavy atom. The van der Waals surface area contributed by atoms with Crippen molar-refractivity contribution in [1.29, 1.82) is 0 Å². The van der Waals surface area contributed by atoms with Crippen molar-refractivity contribution in [2.75, 3.05) is 33.1 Å². The van der Waals surface area contributed by atoms with E-state index in [1.165, 1.54) is 38.5 Å². The predicted octanol–water partition coefficient (Wildman–Crippen LogP) is 3.13. The number of aryl methyl sites for hydroxylation is 1. The van der Waals surface area contributed by atoms with Crippen molar-refractivity contribution in [3.05, 3.63) is 57.4 Å². The van der Waals surface area contributed by atoms with E-state index in [2.05, 4.69) is 5.32 Å². The molecule has 1 amide bonds. The number of anilines is 1. The lowest BCUT2D eigenvalue weighted by Gasteiger charge is -2.17. The molecule has 0 unspecified atom stereocenters. The van der Waals surface area contributed by atoms with Gasteiger partial charge in [0.25, 0.3) is 0 Å². The molecular formula is C19H22FN3O5. The first-order chi connectivity index (χ1) is 13.2. The molecule has 0 saturated carbocycles. The van der Waals surface area contributed by atoms with Crippen LogP contribution in [0, 0.1) is 22.9 Å². The molecule has 150 valence electrons. The Bertz CT molecular complexity index is 888. The van der Waals surface area contributed by atoms with Crippen LogP contribution in [0.5, 0.6) is 11.5 Å². The van der Waals surface area contributed by atoms with E-state index in [4.69, 9.17) is 9.47 Å². The van der Waals surface area contributed by atoms with Crippen LogP contribution in [0.25, 0.3) is 0 Å². The van der Waals surface area contributed by atoms with E-state index in [0.717, 1.165) is 0 Å². The van der Waals surface area contributed by atoms with E-state index in [-0.39, 0.29) is 29.6 Å². The van der Waals surface area contributed by atoms with Crippen LogP contribution in [0.2, 0.25) is 0 Å². The molecule has 0 aliphatic heterocycles. The van der Waals surface area contributed by atoms with Gasteiger partial charge >= 0.3 is 5.69 Å². The quantitative estimate of drug-likeness (QED) is 0.549. The van der Waals surface area contributed by atoms with Gasteiger partial charge in [0.1, 0.15) is 0 Å². The molecule has 0 atom stereocenters. The summed E-state index contributed by atoms with van der Waals surface area (Å²) in [7, 11) is 4.44. The molecule has 2 aromatic carbocycles. The summed E-state index contributed by atoms with van der Waals surface area (Å²) in [6, 6.07) is 7.38. The number of halogens is 1. The third-order valence-electron chi connectivity index (χ3n) is 4.08. The molecule has 0 spiro atoms. The Kier molecular flexibility index (Phi) is 6.89. The molecule has 0 radical (unpaired) electrons. The molecule has 1 N–H and O–H groups in total. The second-order valence-electron chi connectivity index (χ2n) is 6.29. The summed E-state index contributed by atoms with van der Waals surface area (Å²) in [5.41, 5.74) is 1.50. The smallest absolute Gasteiger partial charge is 0.311 e. The van der Waals surface area contributed by atoms with E-state index in [1.54, 1.807) is 24.9 Å². The first-order valence-corrected chi connectivity index (χ1v) is 8.39. The third kappa shape index (κ3) is 5.17. The van der Waals surface area contributed by atoms with Crippen molar-refractivity contribution in [1.82, 2.24) is 4.90 Å². The van der Waals surface area contributed by atoms with Crippen LogP contribution in [-0.2, 0) is 11.3 Å². The van der Waals surface area contributed by atoms with Gasteiger partial charge < -0.3 is 14.8 Å². The highest BCUT2D eigenvalue weighted by atomic mass is 19.1. The number of amides is 1. The van der Waals surface area contributed by atoms with Gasteiger partial charge in [0, 0.05) is 24.4 Å². The maximum Gasteiger partial charge on any atom is 0.311 e. The zero-order valence-corrected chi connectivity index (χ0v) is 16.1. The van der Waals surface area contributed by atoms with Gasteiger partial charge in [0.15, 0.2) is 17.3 Å². The number of nitrogens with one attached hydrogen (secondary N) is 1. The fraction of sp³-hybridized carbons (Fsp3) is 0.316. The summed E-state index contributed by atoms with van der Waals surface area (Å²) in [5.74, 6) is -0.554. The van der Waals surface area contributed by atoms with E-state index in [9.17, 15) is 19.3 Å². The van der Waals surface area contributed by atoms with Crippen LogP contribution >= 0.6 is 0 Å². The van der Waals surface area contributed by atoms with Crippen molar-refractivity contribution in [3.63, 3.8) is 0 Å². The lowest BCUT2D eigenvalue weighted by Crippen LogP contribution is -2.30. The van der Waals surface area contributed by atoms with Gasteiger partial charge in [-0.25, -0.2) is 4.39 Å². The summed E-state index contributed by atoms with van der Waals surface area (Å²) in [6.07, 6.45) is 0. The molecule has 0 heterocycles. The summed E-state index contributed by atoms with van der Waals surface area (Å²) in [5, 5.41) is 13.8. The highest BCUT2D eigenvalue weighted by molar-refractivity contribution is 5.93. The Morgan fingerprint density at radius 1 is 1.21 bits per heavy atom. The normalized spacial score (nSPS) is 10.6. The summed E-state index contributed by atoms with van der Waals surface area (Å²) in [6.45, 7) is 2.06. The Hall–Kier alpha value is -3.20. The van der Waals surface area contributed by atoms with E-state index in [0.29, 0.717) is 23.4 Å². The van der Waals surface area contributed by atoms with Crippen LogP contribution in [-0.4, -0.2) is 43.5 Å². The largest absolute Gasteiger partial charge is 0.494 e. The van der Waals surface area contributed by atoms with Gasteiger partial charge in [-0.05, 0) is 37.2 Å². The number of carbonyl (C=O) groups excluding carboxylic acids is 1. The van der Waals surface area contributed by atoms with Crippen molar-refractivity contribution < 1.29 is 23.6 Å². The first-order valence-electron chi connectivity index (χ1n) is 8.39. The number of nitro benzene ring substituents is 1. The molecule has 2 aromatic rings. The molecule has 2 rings (SSSR count). The zero-order valence-electron chi connectivity index (χ0n) is 16.1. The molecule has 9 heteroatoms. The topological polar surface area (TPSA) is 93.9 Å². The minimum absolute atomic E-state index is 0.0480. The van der Waals surface area contributed by atoms with Gasteiger partial charge in [-0.1, -0.05) is 6.07 Å². The maximum absolute atomic E-state index is 13.8. The number of hydrogen-bond donors (Lipinski definition) is 1. The number of methoxy groups -OCH3 is 2. The number of nitro groups is 1. The summed E-state index contributed by atoms with van der Waals surface area (Å²) < 4.78 is 23.7. The van der Waals surface area contributed by atoms with Gasteiger partial charge in [-0.2, -0.15) is 0 Å². The molecule has 0 aromatic heterocycles. The maximum atomic E-state index is 13.8. The molecule has 8 nitrogen and oxygen atoms in total.